The van der Waals surface area contributed by atoms with Gasteiger partial charge in [0, 0.05) is 5.56 Å². The number of ketones is 1. The lowest BCUT2D eigenvalue weighted by atomic mass is 9.95. The molecule has 4 aromatic rings. The predicted molar refractivity (Wildman–Crippen MR) is 163 cm³/mol. The predicted octanol–water partition coefficient (Wildman–Crippen LogP) is 6.15. The zero-order valence-electron chi connectivity index (χ0n) is 24.1. The molecular formula is C33H30N2O7S. The van der Waals surface area contributed by atoms with E-state index < -0.39 is 23.7 Å². The number of hydrogen-bond donors (Lipinski definition) is 1. The Kier molecular flexibility index (Phi) is 8.58. The second kappa shape index (κ2) is 12.5. The average molecular weight is 599 g/mol. The highest BCUT2D eigenvalue weighted by Crippen LogP contribution is 2.44. The van der Waals surface area contributed by atoms with Gasteiger partial charge in [-0.15, -0.1) is 0 Å². The summed E-state index contributed by atoms with van der Waals surface area (Å²) >= 11 is 0.950. The summed E-state index contributed by atoms with van der Waals surface area (Å²) in [5.74, 6) is -1.59. The maximum Gasteiger partial charge on any atom is 0.350 e. The minimum Gasteiger partial charge on any atom is -0.507 e. The summed E-state index contributed by atoms with van der Waals surface area (Å²) in [5, 5.41) is 11.6. The first kappa shape index (κ1) is 29.5. The van der Waals surface area contributed by atoms with Crippen LogP contribution in [0.25, 0.3) is 5.76 Å². The van der Waals surface area contributed by atoms with Crippen molar-refractivity contribution in [2.24, 2.45) is 0 Å². The van der Waals surface area contributed by atoms with E-state index in [0.717, 1.165) is 22.5 Å². The summed E-state index contributed by atoms with van der Waals surface area (Å²) in [4.78, 5) is 45.5. The van der Waals surface area contributed by atoms with Crippen molar-refractivity contribution in [1.29, 1.82) is 0 Å². The third kappa shape index (κ3) is 5.87. The monoisotopic (exact) mass is 598 g/mol. The van der Waals surface area contributed by atoms with Crippen LogP contribution in [0, 0.1) is 13.8 Å². The Bertz CT molecular complexity index is 1730. The molecule has 10 heteroatoms. The van der Waals surface area contributed by atoms with Gasteiger partial charge in [0.25, 0.3) is 5.78 Å². The molecule has 43 heavy (non-hydrogen) atoms. The van der Waals surface area contributed by atoms with Crippen molar-refractivity contribution >= 4 is 39.9 Å². The van der Waals surface area contributed by atoms with Crippen molar-refractivity contribution in [3.05, 3.63) is 111 Å². The van der Waals surface area contributed by atoms with Crippen molar-refractivity contribution in [3.63, 3.8) is 0 Å². The molecule has 5 rings (SSSR count). The van der Waals surface area contributed by atoms with Crippen molar-refractivity contribution in [2.45, 2.75) is 33.4 Å². The molecule has 1 amide bonds. The number of aliphatic hydroxyl groups is 1. The molecule has 1 aromatic heterocycles. The number of hydrogen-bond acceptors (Lipinski definition) is 9. The number of esters is 1. The molecule has 1 aliphatic heterocycles. The zero-order chi connectivity index (χ0) is 30.7. The third-order valence-electron chi connectivity index (χ3n) is 7.09. The average Bonchev–Trinajstić information content (AvgIpc) is 3.53. The highest BCUT2D eigenvalue weighted by Gasteiger charge is 2.48. The molecule has 0 spiro atoms. The molecule has 0 saturated carbocycles. The van der Waals surface area contributed by atoms with E-state index in [9.17, 15) is 19.5 Å². The van der Waals surface area contributed by atoms with Gasteiger partial charge in [-0.3, -0.25) is 14.5 Å². The second-order valence-electron chi connectivity index (χ2n) is 9.82. The normalized spacial score (nSPS) is 15.9. The van der Waals surface area contributed by atoms with Crippen LogP contribution in [0.1, 0.15) is 50.6 Å². The van der Waals surface area contributed by atoms with Gasteiger partial charge in [0.05, 0.1) is 31.0 Å². The van der Waals surface area contributed by atoms with Crippen molar-refractivity contribution in [1.82, 2.24) is 4.98 Å². The van der Waals surface area contributed by atoms with E-state index in [-0.39, 0.29) is 27.9 Å². The first-order valence-corrected chi connectivity index (χ1v) is 14.4. The van der Waals surface area contributed by atoms with Crippen LogP contribution < -0.4 is 14.4 Å². The molecule has 1 aliphatic rings. The summed E-state index contributed by atoms with van der Waals surface area (Å²) < 4.78 is 16.5. The minimum absolute atomic E-state index is 0.114. The van der Waals surface area contributed by atoms with Gasteiger partial charge in [0.15, 0.2) is 5.13 Å². The second-order valence-corrected chi connectivity index (χ2v) is 10.8. The fourth-order valence-corrected chi connectivity index (χ4v) is 5.81. The van der Waals surface area contributed by atoms with Crippen LogP contribution in [-0.2, 0) is 20.9 Å². The highest BCUT2D eigenvalue weighted by molar-refractivity contribution is 7.17. The molecule has 1 fully saturated rings. The van der Waals surface area contributed by atoms with Crippen LogP contribution in [0.2, 0.25) is 0 Å². The van der Waals surface area contributed by atoms with E-state index in [1.165, 1.54) is 12.0 Å². The lowest BCUT2D eigenvalue weighted by molar-refractivity contribution is -0.132. The Balaban J connectivity index is 1.54. The first-order valence-electron chi connectivity index (χ1n) is 13.6. The summed E-state index contributed by atoms with van der Waals surface area (Å²) in [6, 6.07) is 20.4. The molecule has 0 radical (unpaired) electrons. The van der Waals surface area contributed by atoms with Gasteiger partial charge >= 0.3 is 11.9 Å². The number of rotatable bonds is 9. The molecule has 0 aliphatic carbocycles. The molecule has 1 N–H and O–H groups in total. The number of aromatic nitrogens is 1. The molecule has 2 heterocycles. The van der Waals surface area contributed by atoms with Gasteiger partial charge < -0.3 is 19.3 Å². The third-order valence-corrected chi connectivity index (χ3v) is 8.23. The Morgan fingerprint density at radius 2 is 1.74 bits per heavy atom. The van der Waals surface area contributed by atoms with E-state index in [4.69, 9.17) is 14.2 Å². The number of ether oxygens (including phenoxy) is 3. The van der Waals surface area contributed by atoms with E-state index in [2.05, 4.69) is 4.98 Å². The molecular weight excluding hydrogens is 568 g/mol. The molecule has 0 bridgehead atoms. The maximum atomic E-state index is 13.5. The van der Waals surface area contributed by atoms with Gasteiger partial charge in [-0.1, -0.05) is 47.7 Å². The number of carbonyl (C=O) groups excluding carboxylic acids is 3. The summed E-state index contributed by atoms with van der Waals surface area (Å²) in [6.45, 7) is 5.89. The Hall–Kier alpha value is -4.96. The number of aryl methyl sites for hydroxylation is 2. The van der Waals surface area contributed by atoms with E-state index >= 15 is 0 Å². The topological polar surface area (TPSA) is 115 Å². The summed E-state index contributed by atoms with van der Waals surface area (Å²) in [5.41, 5.74) is 3.27. The first-order chi connectivity index (χ1) is 20.7. The van der Waals surface area contributed by atoms with Crippen LogP contribution in [0.3, 0.4) is 0 Å². The number of anilines is 1. The van der Waals surface area contributed by atoms with Crippen LogP contribution in [0.5, 0.6) is 11.5 Å². The number of Topliss-reactive ketones (excluding diaryl/α,β-unsaturated/α-hetero) is 1. The van der Waals surface area contributed by atoms with E-state index in [0.29, 0.717) is 34.9 Å². The largest absolute Gasteiger partial charge is 0.507 e. The highest BCUT2D eigenvalue weighted by atomic mass is 32.1. The quantitative estimate of drug-likeness (QED) is 0.106. The van der Waals surface area contributed by atoms with Crippen molar-refractivity contribution in [2.75, 3.05) is 18.6 Å². The maximum absolute atomic E-state index is 13.5. The Labute approximate surface area is 253 Å². The molecule has 1 unspecified atom stereocenters. The van der Waals surface area contributed by atoms with Crippen LogP contribution in [0.4, 0.5) is 5.13 Å². The number of methoxy groups -OCH3 is 1. The van der Waals surface area contributed by atoms with Gasteiger partial charge in [0.1, 0.15) is 28.7 Å². The van der Waals surface area contributed by atoms with Crippen LogP contribution >= 0.6 is 11.3 Å². The number of amides is 1. The van der Waals surface area contributed by atoms with Crippen LogP contribution in [0.15, 0.2) is 78.4 Å². The fraction of sp³-hybridized carbons (Fsp3) is 0.212. The SMILES string of the molecule is CCOC(=O)c1sc(N2C(=O)C(=O)/C(=C(/O)c3ccc(OCc4ccccc4C)cc3)C2c2cccc(OC)c2)nc1C. The Morgan fingerprint density at radius 1 is 1.00 bits per heavy atom. The van der Waals surface area contributed by atoms with Gasteiger partial charge in [0.2, 0.25) is 0 Å². The molecule has 1 atom stereocenters. The molecule has 220 valence electrons. The molecule has 3 aromatic carbocycles. The van der Waals surface area contributed by atoms with Crippen molar-refractivity contribution < 1.29 is 33.7 Å². The smallest absolute Gasteiger partial charge is 0.350 e. The number of aliphatic hydroxyl groups excluding tert-OH is 1. The standard InChI is InChI=1S/C33H30N2O7S/c1-5-41-32(39)30-20(3)34-33(43-30)35-27(22-11-8-12-25(17-22)40-4)26(29(37)31(35)38)28(36)21-13-15-24(16-14-21)42-18-23-10-7-6-9-19(23)2/h6-17,27,36H,5,18H2,1-4H3/b28-26+. The Morgan fingerprint density at radius 3 is 2.44 bits per heavy atom. The molecule has 9 nitrogen and oxygen atoms in total. The van der Waals surface area contributed by atoms with Crippen LogP contribution in [-0.4, -0.2) is 41.5 Å². The van der Waals surface area contributed by atoms with Gasteiger partial charge in [-0.05, 0) is 73.9 Å². The van der Waals surface area contributed by atoms with Gasteiger partial charge in [-0.2, -0.15) is 0 Å². The number of carbonyl (C=O) groups is 3. The minimum atomic E-state index is -1.03. The number of benzene rings is 3. The van der Waals surface area contributed by atoms with Gasteiger partial charge in [-0.25, -0.2) is 9.78 Å². The zero-order valence-corrected chi connectivity index (χ0v) is 24.9. The number of thiazole rings is 1. The lowest BCUT2D eigenvalue weighted by Gasteiger charge is -2.23. The van der Waals surface area contributed by atoms with Crippen molar-refractivity contribution in [3.8, 4) is 11.5 Å². The lowest BCUT2D eigenvalue weighted by Crippen LogP contribution is -2.29. The molecule has 1 saturated heterocycles. The summed E-state index contributed by atoms with van der Waals surface area (Å²) in [6.07, 6.45) is 0. The fourth-order valence-electron chi connectivity index (χ4n) is 4.83. The summed E-state index contributed by atoms with van der Waals surface area (Å²) in [7, 11) is 1.51. The van der Waals surface area contributed by atoms with E-state index in [1.54, 1.807) is 62.4 Å². The van der Waals surface area contributed by atoms with E-state index in [1.807, 2.05) is 31.2 Å². The number of nitrogens with zero attached hydrogens (tertiary/aromatic N) is 2.